The van der Waals surface area contributed by atoms with E-state index in [1.807, 2.05) is 18.2 Å². The monoisotopic (exact) mass is 304 g/mol. The number of allylic oxidation sites excluding steroid dienone is 2. The molecule has 0 aliphatic heterocycles. The molecule has 2 aliphatic carbocycles. The molecule has 0 aromatic heterocycles. The Balaban J connectivity index is 1.81. The van der Waals surface area contributed by atoms with Crippen molar-refractivity contribution >= 4 is 5.57 Å². The third-order valence-electron chi connectivity index (χ3n) is 6.76. The largest absolute Gasteiger partial charge is 0.385 e. The van der Waals surface area contributed by atoms with Gasteiger partial charge < -0.3 is 5.11 Å². The van der Waals surface area contributed by atoms with Crippen molar-refractivity contribution in [2.75, 3.05) is 0 Å². The Morgan fingerprint density at radius 3 is 2.09 bits per heavy atom. The van der Waals surface area contributed by atoms with Gasteiger partial charge in [0.2, 0.25) is 0 Å². The lowest BCUT2D eigenvalue weighted by Crippen LogP contribution is -2.44. The Hall–Kier alpha value is -1.86. The van der Waals surface area contributed by atoms with Crippen molar-refractivity contribution in [2.45, 2.75) is 38.7 Å². The van der Waals surface area contributed by atoms with Gasteiger partial charge in [-0.05, 0) is 36.0 Å². The van der Waals surface area contributed by atoms with Crippen LogP contribution in [0.3, 0.4) is 0 Å². The van der Waals surface area contributed by atoms with Crippen LogP contribution < -0.4 is 0 Å². The van der Waals surface area contributed by atoms with E-state index < -0.39 is 5.60 Å². The molecule has 1 nitrogen and oxygen atoms in total. The Morgan fingerprint density at radius 2 is 1.43 bits per heavy atom. The first-order valence-corrected chi connectivity index (χ1v) is 8.55. The molecule has 23 heavy (non-hydrogen) atoms. The molecule has 2 aromatic rings. The zero-order chi connectivity index (χ0) is 16.1. The number of hydrogen-bond acceptors (Lipinski definition) is 1. The van der Waals surface area contributed by atoms with E-state index in [0.717, 1.165) is 24.8 Å². The summed E-state index contributed by atoms with van der Waals surface area (Å²) in [5.74, 6) is 0. The zero-order valence-electron chi connectivity index (χ0n) is 13.9. The van der Waals surface area contributed by atoms with Crippen molar-refractivity contribution in [3.8, 4) is 0 Å². The van der Waals surface area contributed by atoms with Crippen LogP contribution in [0.2, 0.25) is 0 Å². The number of fused-ring (bicyclic) bond motifs is 1. The second-order valence-corrected chi connectivity index (χ2v) is 7.58. The predicted molar refractivity (Wildman–Crippen MR) is 94.8 cm³/mol. The van der Waals surface area contributed by atoms with Gasteiger partial charge in [0, 0.05) is 10.8 Å². The molecule has 4 rings (SSSR count). The van der Waals surface area contributed by atoms with E-state index in [0.29, 0.717) is 0 Å². The summed E-state index contributed by atoms with van der Waals surface area (Å²) >= 11 is 0. The number of benzene rings is 2. The van der Waals surface area contributed by atoms with Crippen LogP contribution in [-0.4, -0.2) is 5.11 Å². The summed E-state index contributed by atoms with van der Waals surface area (Å²) < 4.78 is 0. The van der Waals surface area contributed by atoms with Gasteiger partial charge in [0.25, 0.3) is 0 Å². The van der Waals surface area contributed by atoms with Gasteiger partial charge in [-0.15, -0.1) is 0 Å². The standard InChI is InChI=1S/C22H24O/c1-20-15-16-22(23,18-11-7-4-8-12-18)21(20,2)14-13-19(20)17-9-5-3-6-10-17/h3-13,23H,14-16H2,1-2H3. The predicted octanol–water partition coefficient (Wildman–Crippen LogP) is 5.17. The third kappa shape index (κ3) is 1.77. The van der Waals surface area contributed by atoms with Crippen LogP contribution in [-0.2, 0) is 5.60 Å². The van der Waals surface area contributed by atoms with Crippen LogP contribution in [0.15, 0.2) is 66.7 Å². The maximum Gasteiger partial charge on any atom is 0.0961 e. The molecule has 0 heterocycles. The second-order valence-electron chi connectivity index (χ2n) is 7.58. The molecule has 1 saturated carbocycles. The molecule has 1 N–H and O–H groups in total. The first-order valence-electron chi connectivity index (χ1n) is 8.55. The lowest BCUT2D eigenvalue weighted by molar-refractivity contribution is -0.0797. The van der Waals surface area contributed by atoms with Gasteiger partial charge in [0.15, 0.2) is 0 Å². The van der Waals surface area contributed by atoms with Crippen molar-refractivity contribution in [3.63, 3.8) is 0 Å². The summed E-state index contributed by atoms with van der Waals surface area (Å²) in [5, 5.41) is 11.7. The fraction of sp³-hybridized carbons (Fsp3) is 0.364. The highest BCUT2D eigenvalue weighted by Gasteiger charge is 2.65. The SMILES string of the molecule is CC12CCC(O)(c3ccccc3)C1(C)CC=C2c1ccccc1. The van der Waals surface area contributed by atoms with Crippen molar-refractivity contribution in [1.82, 2.24) is 0 Å². The quantitative estimate of drug-likeness (QED) is 0.811. The molecule has 1 heteroatoms. The summed E-state index contributed by atoms with van der Waals surface area (Å²) in [6, 6.07) is 20.9. The molecular weight excluding hydrogens is 280 g/mol. The van der Waals surface area contributed by atoms with Gasteiger partial charge in [0.05, 0.1) is 5.60 Å². The Kier molecular flexibility index (Phi) is 3.08. The maximum absolute atomic E-state index is 11.7. The van der Waals surface area contributed by atoms with Crippen molar-refractivity contribution in [2.24, 2.45) is 10.8 Å². The summed E-state index contributed by atoms with van der Waals surface area (Å²) in [5.41, 5.74) is 2.87. The smallest absolute Gasteiger partial charge is 0.0961 e. The van der Waals surface area contributed by atoms with Crippen LogP contribution in [0.1, 0.15) is 44.2 Å². The molecule has 3 atom stereocenters. The molecule has 1 fully saturated rings. The molecule has 0 radical (unpaired) electrons. The van der Waals surface area contributed by atoms with Crippen LogP contribution in [0.5, 0.6) is 0 Å². The van der Waals surface area contributed by atoms with E-state index in [1.54, 1.807) is 0 Å². The van der Waals surface area contributed by atoms with E-state index in [-0.39, 0.29) is 10.8 Å². The Bertz CT molecular complexity index is 748. The normalized spacial score (nSPS) is 35.9. The second kappa shape index (κ2) is 4.82. The number of rotatable bonds is 2. The first kappa shape index (κ1) is 14.7. The fourth-order valence-electron chi connectivity index (χ4n) is 5.03. The molecule has 2 aliphatic rings. The molecule has 3 unspecified atom stereocenters. The lowest BCUT2D eigenvalue weighted by Gasteiger charge is -2.46. The Labute approximate surface area is 138 Å². The van der Waals surface area contributed by atoms with Gasteiger partial charge in [-0.2, -0.15) is 0 Å². The number of hydrogen-bond donors (Lipinski definition) is 1. The third-order valence-corrected chi connectivity index (χ3v) is 6.76. The van der Waals surface area contributed by atoms with Gasteiger partial charge in [-0.1, -0.05) is 80.6 Å². The van der Waals surface area contributed by atoms with Crippen molar-refractivity contribution < 1.29 is 5.11 Å². The average Bonchev–Trinajstić information content (AvgIpc) is 2.98. The summed E-state index contributed by atoms with van der Waals surface area (Å²) in [6.45, 7) is 4.62. The molecular formula is C22H24O. The van der Waals surface area contributed by atoms with Crippen molar-refractivity contribution in [3.05, 3.63) is 77.9 Å². The zero-order valence-corrected chi connectivity index (χ0v) is 13.9. The van der Waals surface area contributed by atoms with E-state index in [9.17, 15) is 5.11 Å². The minimum atomic E-state index is -0.754. The maximum atomic E-state index is 11.7. The average molecular weight is 304 g/mol. The van der Waals surface area contributed by atoms with E-state index >= 15 is 0 Å². The molecule has 118 valence electrons. The van der Waals surface area contributed by atoms with Crippen LogP contribution in [0, 0.1) is 10.8 Å². The lowest BCUT2D eigenvalue weighted by atomic mass is 9.60. The molecule has 0 spiro atoms. The number of aliphatic hydroxyl groups is 1. The first-order chi connectivity index (χ1) is 11.0. The highest BCUT2D eigenvalue weighted by Crippen LogP contribution is 2.71. The van der Waals surface area contributed by atoms with Crippen LogP contribution in [0.25, 0.3) is 5.57 Å². The van der Waals surface area contributed by atoms with E-state index in [4.69, 9.17) is 0 Å². The molecule has 2 aromatic carbocycles. The molecule has 0 bridgehead atoms. The summed E-state index contributed by atoms with van der Waals surface area (Å²) in [7, 11) is 0. The highest BCUT2D eigenvalue weighted by atomic mass is 16.3. The van der Waals surface area contributed by atoms with Gasteiger partial charge >= 0.3 is 0 Å². The molecule has 0 saturated heterocycles. The van der Waals surface area contributed by atoms with Crippen LogP contribution >= 0.6 is 0 Å². The minimum absolute atomic E-state index is 0.0128. The minimum Gasteiger partial charge on any atom is -0.385 e. The topological polar surface area (TPSA) is 20.2 Å². The summed E-state index contributed by atoms with van der Waals surface area (Å²) in [6.07, 6.45) is 5.14. The van der Waals surface area contributed by atoms with Gasteiger partial charge in [-0.25, -0.2) is 0 Å². The fourth-order valence-corrected chi connectivity index (χ4v) is 5.03. The van der Waals surface area contributed by atoms with Crippen molar-refractivity contribution in [1.29, 1.82) is 0 Å². The molecule has 0 amide bonds. The van der Waals surface area contributed by atoms with Crippen LogP contribution in [0.4, 0.5) is 0 Å². The highest BCUT2D eigenvalue weighted by molar-refractivity contribution is 5.74. The summed E-state index contributed by atoms with van der Waals surface area (Å²) in [4.78, 5) is 0. The van der Waals surface area contributed by atoms with Gasteiger partial charge in [0.1, 0.15) is 0 Å². The van der Waals surface area contributed by atoms with Gasteiger partial charge in [-0.3, -0.25) is 0 Å². The van der Waals surface area contributed by atoms with E-state index in [2.05, 4.69) is 62.4 Å². The Morgan fingerprint density at radius 1 is 0.826 bits per heavy atom. The van der Waals surface area contributed by atoms with E-state index in [1.165, 1.54) is 11.1 Å².